The van der Waals surface area contributed by atoms with Crippen molar-refractivity contribution < 1.29 is 14.3 Å². The van der Waals surface area contributed by atoms with Crippen molar-refractivity contribution in [1.82, 2.24) is 5.32 Å². The van der Waals surface area contributed by atoms with Gasteiger partial charge in [0.2, 0.25) is 0 Å². The summed E-state index contributed by atoms with van der Waals surface area (Å²) < 4.78 is 11.6. The SMILES string of the molecule is CCc1ccc(OC2CNC(C(=O)OC)C2)c(Br)c1.Cl. The van der Waals surface area contributed by atoms with Gasteiger partial charge in [-0.05, 0) is 40.0 Å². The van der Waals surface area contributed by atoms with Gasteiger partial charge in [0, 0.05) is 13.0 Å². The third-order valence-corrected chi connectivity index (χ3v) is 3.89. The Morgan fingerprint density at radius 1 is 1.50 bits per heavy atom. The first kappa shape index (κ1) is 17.3. The molecule has 2 rings (SSSR count). The fraction of sp³-hybridized carbons (Fsp3) is 0.500. The zero-order valence-electron chi connectivity index (χ0n) is 11.5. The van der Waals surface area contributed by atoms with Gasteiger partial charge < -0.3 is 14.8 Å². The van der Waals surface area contributed by atoms with Crippen molar-refractivity contribution in [3.8, 4) is 5.75 Å². The van der Waals surface area contributed by atoms with Crippen LogP contribution in [0.25, 0.3) is 0 Å². The fourth-order valence-corrected chi connectivity index (χ4v) is 2.67. The quantitative estimate of drug-likeness (QED) is 0.835. The molecule has 0 aliphatic carbocycles. The highest BCUT2D eigenvalue weighted by molar-refractivity contribution is 9.10. The summed E-state index contributed by atoms with van der Waals surface area (Å²) in [7, 11) is 1.40. The largest absolute Gasteiger partial charge is 0.488 e. The second-order valence-electron chi connectivity index (χ2n) is 4.58. The molecule has 4 nitrogen and oxygen atoms in total. The van der Waals surface area contributed by atoms with E-state index in [1.54, 1.807) is 0 Å². The van der Waals surface area contributed by atoms with Gasteiger partial charge in [0.15, 0.2) is 0 Å². The first-order valence-corrected chi connectivity index (χ1v) is 7.19. The Hall–Kier alpha value is -0.780. The van der Waals surface area contributed by atoms with Crippen LogP contribution in [0, 0.1) is 0 Å². The van der Waals surface area contributed by atoms with E-state index in [0.717, 1.165) is 16.6 Å². The number of rotatable bonds is 4. The van der Waals surface area contributed by atoms with Crippen LogP contribution in [-0.4, -0.2) is 31.8 Å². The molecule has 0 aromatic heterocycles. The molecule has 2 atom stereocenters. The van der Waals surface area contributed by atoms with E-state index < -0.39 is 0 Å². The number of hydrogen-bond acceptors (Lipinski definition) is 4. The summed E-state index contributed by atoms with van der Waals surface area (Å²) in [6.07, 6.45) is 1.62. The summed E-state index contributed by atoms with van der Waals surface area (Å²) in [6, 6.07) is 5.83. The van der Waals surface area contributed by atoms with E-state index >= 15 is 0 Å². The Morgan fingerprint density at radius 2 is 2.25 bits per heavy atom. The van der Waals surface area contributed by atoms with Crippen LogP contribution >= 0.6 is 28.3 Å². The zero-order chi connectivity index (χ0) is 13.8. The maximum atomic E-state index is 11.4. The van der Waals surface area contributed by atoms with Crippen LogP contribution in [0.3, 0.4) is 0 Å². The molecule has 1 aliphatic rings. The lowest BCUT2D eigenvalue weighted by Crippen LogP contribution is -2.31. The van der Waals surface area contributed by atoms with Crippen LogP contribution in [0.4, 0.5) is 0 Å². The number of carbonyl (C=O) groups is 1. The van der Waals surface area contributed by atoms with Gasteiger partial charge in [-0.1, -0.05) is 13.0 Å². The number of halogens is 2. The first-order valence-electron chi connectivity index (χ1n) is 6.40. The molecule has 1 aromatic carbocycles. The van der Waals surface area contributed by atoms with E-state index in [1.165, 1.54) is 12.7 Å². The molecule has 0 radical (unpaired) electrons. The van der Waals surface area contributed by atoms with Crippen LogP contribution in [0.1, 0.15) is 18.9 Å². The van der Waals surface area contributed by atoms with Crippen molar-refractivity contribution in [2.24, 2.45) is 0 Å². The van der Waals surface area contributed by atoms with Crippen molar-refractivity contribution >= 4 is 34.3 Å². The molecule has 6 heteroatoms. The number of hydrogen-bond donors (Lipinski definition) is 1. The molecule has 20 heavy (non-hydrogen) atoms. The maximum Gasteiger partial charge on any atom is 0.323 e. The highest BCUT2D eigenvalue weighted by Gasteiger charge is 2.31. The lowest BCUT2D eigenvalue weighted by molar-refractivity contribution is -0.142. The first-order chi connectivity index (χ1) is 9.13. The number of benzene rings is 1. The molecule has 1 N–H and O–H groups in total. The molecule has 0 amide bonds. The molecule has 2 unspecified atom stereocenters. The smallest absolute Gasteiger partial charge is 0.323 e. The van der Waals surface area contributed by atoms with E-state index in [-0.39, 0.29) is 30.5 Å². The molecule has 1 saturated heterocycles. The standard InChI is InChI=1S/C14H18BrNO3.ClH/c1-3-9-4-5-13(11(15)6-9)19-10-7-12(16-8-10)14(17)18-2;/h4-6,10,12,16H,3,7-8H2,1-2H3;1H. The Bertz CT molecular complexity index is 470. The Kier molecular flexibility index (Phi) is 6.79. The third kappa shape index (κ3) is 4.11. The topological polar surface area (TPSA) is 47.6 Å². The second kappa shape index (κ2) is 7.86. The Balaban J connectivity index is 0.00000200. The predicted octanol–water partition coefficient (Wildman–Crippen LogP) is 2.72. The fourth-order valence-electron chi connectivity index (χ4n) is 2.15. The summed E-state index contributed by atoms with van der Waals surface area (Å²) in [5, 5.41) is 3.10. The number of carbonyl (C=O) groups excluding carboxylic acids is 1. The molecule has 112 valence electrons. The average Bonchev–Trinajstić information content (AvgIpc) is 2.88. The lowest BCUT2D eigenvalue weighted by atomic mass is 10.1. The van der Waals surface area contributed by atoms with Crippen LogP contribution in [-0.2, 0) is 16.0 Å². The summed E-state index contributed by atoms with van der Waals surface area (Å²) in [5.74, 6) is 0.584. The Labute approximate surface area is 133 Å². The average molecular weight is 365 g/mol. The summed E-state index contributed by atoms with van der Waals surface area (Å²) in [6.45, 7) is 2.77. The molecule has 0 bridgehead atoms. The predicted molar refractivity (Wildman–Crippen MR) is 83.6 cm³/mol. The normalized spacial score (nSPS) is 21.1. The van der Waals surface area contributed by atoms with E-state index in [0.29, 0.717) is 13.0 Å². The summed E-state index contributed by atoms with van der Waals surface area (Å²) in [5.41, 5.74) is 1.26. The molecular weight excluding hydrogens is 346 g/mol. The number of nitrogens with one attached hydrogen (secondary N) is 1. The van der Waals surface area contributed by atoms with Gasteiger partial charge in [0.1, 0.15) is 17.9 Å². The van der Waals surface area contributed by atoms with Crippen LogP contribution < -0.4 is 10.1 Å². The molecule has 1 aromatic rings. The van der Waals surface area contributed by atoms with Crippen LogP contribution in [0.5, 0.6) is 5.75 Å². The maximum absolute atomic E-state index is 11.4. The van der Waals surface area contributed by atoms with Gasteiger partial charge in [0.05, 0.1) is 11.6 Å². The van der Waals surface area contributed by atoms with Crippen LogP contribution in [0.2, 0.25) is 0 Å². The molecular formula is C14H19BrClNO3. The summed E-state index contributed by atoms with van der Waals surface area (Å²) >= 11 is 3.52. The van der Waals surface area contributed by atoms with Gasteiger partial charge in [-0.3, -0.25) is 4.79 Å². The Morgan fingerprint density at radius 3 is 2.85 bits per heavy atom. The highest BCUT2D eigenvalue weighted by Crippen LogP contribution is 2.28. The molecule has 0 saturated carbocycles. The van der Waals surface area contributed by atoms with E-state index in [1.807, 2.05) is 6.07 Å². The number of esters is 1. The van der Waals surface area contributed by atoms with Gasteiger partial charge in [0.25, 0.3) is 0 Å². The van der Waals surface area contributed by atoms with Crippen molar-refractivity contribution in [2.45, 2.75) is 31.9 Å². The monoisotopic (exact) mass is 363 g/mol. The molecule has 1 heterocycles. The van der Waals surface area contributed by atoms with E-state index in [9.17, 15) is 4.79 Å². The van der Waals surface area contributed by atoms with Crippen molar-refractivity contribution in [1.29, 1.82) is 0 Å². The van der Waals surface area contributed by atoms with E-state index in [2.05, 4.69) is 40.3 Å². The number of methoxy groups -OCH3 is 1. The highest BCUT2D eigenvalue weighted by atomic mass is 79.9. The van der Waals surface area contributed by atoms with Crippen molar-refractivity contribution in [2.75, 3.05) is 13.7 Å². The number of ether oxygens (including phenoxy) is 2. The zero-order valence-corrected chi connectivity index (χ0v) is 13.9. The van der Waals surface area contributed by atoms with Gasteiger partial charge in [-0.2, -0.15) is 0 Å². The minimum Gasteiger partial charge on any atom is -0.488 e. The molecule has 0 spiro atoms. The van der Waals surface area contributed by atoms with Gasteiger partial charge in [-0.15, -0.1) is 12.4 Å². The van der Waals surface area contributed by atoms with Crippen molar-refractivity contribution in [3.05, 3.63) is 28.2 Å². The lowest BCUT2D eigenvalue weighted by Gasteiger charge is -2.14. The molecule has 1 aliphatic heterocycles. The summed E-state index contributed by atoms with van der Waals surface area (Å²) in [4.78, 5) is 11.4. The minimum absolute atomic E-state index is 0. The van der Waals surface area contributed by atoms with Crippen LogP contribution in [0.15, 0.2) is 22.7 Å². The third-order valence-electron chi connectivity index (χ3n) is 3.27. The minimum atomic E-state index is -0.260. The second-order valence-corrected chi connectivity index (χ2v) is 5.43. The van der Waals surface area contributed by atoms with Crippen molar-refractivity contribution in [3.63, 3.8) is 0 Å². The van der Waals surface area contributed by atoms with Gasteiger partial charge in [-0.25, -0.2) is 0 Å². The van der Waals surface area contributed by atoms with Gasteiger partial charge >= 0.3 is 5.97 Å². The number of aryl methyl sites for hydroxylation is 1. The van der Waals surface area contributed by atoms with E-state index in [4.69, 9.17) is 9.47 Å². The molecule has 1 fully saturated rings.